The summed E-state index contributed by atoms with van der Waals surface area (Å²) in [5.74, 6) is -1.45. The third-order valence-electron chi connectivity index (χ3n) is 14.3. The Bertz CT molecular complexity index is 2540. The zero-order valence-corrected chi connectivity index (χ0v) is 57.2. The van der Waals surface area contributed by atoms with E-state index in [9.17, 15) is 242 Å². The predicted molar refractivity (Wildman–Crippen MR) is 267 cm³/mol. The molecule has 728 valence electrons. The SMILES string of the molecule is O=C(O)COCCOCCOCCOCC(COC(C(F)(F)F)(C(F)(F)F)C(F)(F)F)(COC(C(F)(F)F)(C(F)(F)F)C(F)(F)F)COC(C(F)(F)F)(C(F)(F)F)C(F)(F)F.OCCOCCOCCOCCOCC(COC(C(F)(F)F)(C(F)(F)F)C(F)(F)F)(COC(C(F)(F)F)(C(F)(F)F)C(F)(F)F)COC(C(F)(F)F)(C(F)(F)F)C(F)(F)F. The predicted octanol–water partition coefficient (Wildman–Crippen LogP) is 16.8. The zero-order chi connectivity index (χ0) is 96.7. The van der Waals surface area contributed by atoms with Crippen LogP contribution >= 0.6 is 0 Å². The molecule has 0 amide bonds. The van der Waals surface area contributed by atoms with Gasteiger partial charge in [-0.1, -0.05) is 0 Å². The highest BCUT2D eigenvalue weighted by molar-refractivity contribution is 5.68. The molecule has 121 heavy (non-hydrogen) atoms. The average molecular weight is 1950 g/mol. The first-order valence-corrected chi connectivity index (χ1v) is 29.7. The van der Waals surface area contributed by atoms with Gasteiger partial charge < -0.3 is 76.5 Å². The monoisotopic (exact) mass is 1950 g/mol. The fraction of sp³-hybridized carbons (Fsp3) is 0.980. The number of rotatable bonds is 44. The van der Waals surface area contributed by atoms with Crippen molar-refractivity contribution in [3.8, 4) is 0 Å². The van der Waals surface area contributed by atoms with E-state index < -0.39 is 294 Å². The average Bonchev–Trinajstić information content (AvgIpc) is 0.725. The molecule has 0 spiro atoms. The molecule has 0 rings (SSSR count). The lowest BCUT2D eigenvalue weighted by atomic mass is 9.89. The second-order valence-corrected chi connectivity index (χ2v) is 23.1. The maximum atomic E-state index is 13.6. The van der Waals surface area contributed by atoms with Gasteiger partial charge in [-0.15, -0.1) is 0 Å². The molecule has 17 nitrogen and oxygen atoms in total. The molecule has 0 bridgehead atoms. The number of carboxylic acid groups (broad SMARTS) is 1. The number of aliphatic hydroxyl groups excluding tert-OH is 1. The summed E-state index contributed by atoms with van der Waals surface area (Å²) in [7, 11) is 0. The van der Waals surface area contributed by atoms with Crippen LogP contribution in [0.3, 0.4) is 0 Å². The fourth-order valence-corrected chi connectivity index (χ4v) is 8.45. The molecule has 0 heterocycles. The van der Waals surface area contributed by atoms with Gasteiger partial charge >= 0.3 is 151 Å². The van der Waals surface area contributed by atoms with Crippen molar-refractivity contribution >= 4 is 5.97 Å². The van der Waals surface area contributed by atoms with E-state index in [2.05, 4.69) is 52.1 Å². The molecule has 0 radical (unpaired) electrons. The molecule has 0 saturated carbocycles. The Morgan fingerprint density at radius 3 is 0.405 bits per heavy atom. The molecule has 0 fully saturated rings. The summed E-state index contributed by atoms with van der Waals surface area (Å²) in [6.07, 6.45) is -145. The van der Waals surface area contributed by atoms with Crippen LogP contribution in [-0.2, 0) is 71.1 Å². The van der Waals surface area contributed by atoms with Crippen LogP contribution in [-0.4, -0.2) is 313 Å². The molecule has 2 N–H and O–H groups in total. The summed E-state index contributed by atoms with van der Waals surface area (Å²) in [5.41, 5.74) is -57.9. The number of hydrogen-bond acceptors (Lipinski definition) is 16. The minimum Gasteiger partial charge on any atom is -0.480 e. The molecule has 0 aliphatic carbocycles. The van der Waals surface area contributed by atoms with Gasteiger partial charge in [-0.25, -0.2) is 4.79 Å². The van der Waals surface area contributed by atoms with Crippen LogP contribution < -0.4 is 0 Å². The van der Waals surface area contributed by atoms with E-state index in [-0.39, 0.29) is 19.8 Å². The molecule has 0 aromatic heterocycles. The van der Waals surface area contributed by atoms with Gasteiger partial charge in [-0.05, 0) is 0 Å². The zero-order valence-electron chi connectivity index (χ0n) is 57.2. The van der Waals surface area contributed by atoms with E-state index in [1.54, 1.807) is 0 Å². The maximum absolute atomic E-state index is 13.6. The van der Waals surface area contributed by atoms with Crippen LogP contribution in [0.2, 0.25) is 0 Å². The largest absolute Gasteiger partial charge is 0.480 e. The van der Waals surface area contributed by atoms with Gasteiger partial charge in [-0.3, -0.25) is 0 Å². The van der Waals surface area contributed by atoms with Gasteiger partial charge in [0.15, 0.2) is 0 Å². The third kappa shape index (κ3) is 27.8. The first kappa shape index (κ1) is 118. The number of aliphatic hydroxyl groups is 1. The van der Waals surface area contributed by atoms with Crippen LogP contribution in [0, 0.1) is 10.8 Å². The minimum absolute atomic E-state index is 0.184. The van der Waals surface area contributed by atoms with Crippen molar-refractivity contribution in [1.82, 2.24) is 0 Å². The number of aliphatic carboxylic acids is 1. The van der Waals surface area contributed by atoms with Crippen molar-refractivity contribution in [3.05, 3.63) is 0 Å². The molecule has 0 saturated heterocycles. The molecular weight excluding hydrogens is 1900 g/mol. The van der Waals surface area contributed by atoms with Crippen LogP contribution in [0.4, 0.5) is 237 Å². The van der Waals surface area contributed by atoms with Gasteiger partial charge in [0.2, 0.25) is 0 Å². The highest BCUT2D eigenvalue weighted by Crippen LogP contribution is 2.63. The number of ether oxygens (including phenoxy) is 14. The Hall–Kier alpha value is -4.91. The number of hydrogen-bond donors (Lipinski definition) is 2. The standard InChI is InChI=1S/C25H23F27O9.C25H25F27O8/c26-17(27,28)14(18(29,30)31,19(32,33)34)59-9-13(8-58-6-4-56-2-1-55-3-5-57-7-12(53)54,10-60-15(20(35,36)37,21(38,39)40)22(41,42)43)11-61-16(23(44,45)46,24(47,48)49)25(50,51)52;26-17(27,28)14(18(29,30)31,19(32,33)34)58-10-13(9-57-8-7-56-6-5-55-4-3-54-2-1-53,11-59-15(20(35,36)37,21(38,39)40)22(41,42)43)12-60-16(23(44,45)46,24(47,48)49)25(50,51)52/h1-11H2,(H,53,54);53H,1-12H2. The molecule has 0 aliphatic rings. The fourth-order valence-electron chi connectivity index (χ4n) is 8.45. The van der Waals surface area contributed by atoms with Gasteiger partial charge in [0.25, 0.3) is 0 Å². The Morgan fingerprint density at radius 1 is 0.174 bits per heavy atom. The van der Waals surface area contributed by atoms with E-state index in [1.807, 2.05) is 0 Å². The van der Waals surface area contributed by atoms with Crippen molar-refractivity contribution in [3.63, 3.8) is 0 Å². The van der Waals surface area contributed by atoms with Gasteiger partial charge in [0.05, 0.1) is 156 Å². The Kier molecular flexibility index (Phi) is 40.1. The minimum atomic E-state index is -8.07. The molecule has 0 aliphatic heterocycles. The van der Waals surface area contributed by atoms with Crippen molar-refractivity contribution in [2.24, 2.45) is 10.8 Å². The second kappa shape index (κ2) is 41.0. The summed E-state index contributed by atoms with van der Waals surface area (Å²) in [4.78, 5) is 10.3. The van der Waals surface area contributed by atoms with E-state index in [0.717, 1.165) is 0 Å². The first-order chi connectivity index (χ1) is 53.2. The number of carbonyl (C=O) groups is 1. The number of carboxylic acids is 1. The smallest absolute Gasteiger partial charge is 0.435 e. The van der Waals surface area contributed by atoms with Gasteiger partial charge in [0, 0.05) is 0 Å². The van der Waals surface area contributed by atoms with E-state index in [0.29, 0.717) is 0 Å². The molecule has 71 heteroatoms. The molecule has 0 aromatic carbocycles. The van der Waals surface area contributed by atoms with Crippen molar-refractivity contribution < 1.29 is 318 Å². The number of halogens is 54. The molecule has 0 atom stereocenters. The van der Waals surface area contributed by atoms with E-state index in [4.69, 9.17) is 24.4 Å². The van der Waals surface area contributed by atoms with Crippen LogP contribution in [0.15, 0.2) is 0 Å². The normalized spacial score (nSPS) is 15.5. The van der Waals surface area contributed by atoms with Crippen molar-refractivity contribution in [2.75, 3.05) is 152 Å². The highest BCUT2D eigenvalue weighted by Gasteiger charge is 2.92. The summed E-state index contributed by atoms with van der Waals surface area (Å²) in [6.45, 7) is -40.9. The van der Waals surface area contributed by atoms with Crippen LogP contribution in [0.5, 0.6) is 0 Å². The Labute approximate surface area is 632 Å². The van der Waals surface area contributed by atoms with Gasteiger partial charge in [-0.2, -0.15) is 237 Å². The second-order valence-electron chi connectivity index (χ2n) is 23.1. The van der Waals surface area contributed by atoms with E-state index in [1.165, 1.54) is 0 Å². The number of alkyl halides is 54. The Morgan fingerprint density at radius 2 is 0.289 bits per heavy atom. The topological polar surface area (TPSA) is 187 Å². The lowest BCUT2D eigenvalue weighted by Crippen LogP contribution is -2.71. The first-order valence-electron chi connectivity index (χ1n) is 29.7. The maximum Gasteiger partial charge on any atom is 0.435 e. The van der Waals surface area contributed by atoms with Gasteiger partial charge in [0.1, 0.15) is 6.61 Å². The van der Waals surface area contributed by atoms with Crippen molar-refractivity contribution in [1.29, 1.82) is 0 Å². The quantitative estimate of drug-likeness (QED) is 0.0433. The lowest BCUT2D eigenvalue weighted by Gasteiger charge is -2.45. The summed E-state index contributed by atoms with van der Waals surface area (Å²) in [5, 5.41) is 16.9. The third-order valence-corrected chi connectivity index (χ3v) is 14.3. The summed E-state index contributed by atoms with van der Waals surface area (Å²) >= 11 is 0. The highest BCUT2D eigenvalue weighted by atomic mass is 19.5. The summed E-state index contributed by atoms with van der Waals surface area (Å²) in [6, 6.07) is 0. The Balaban J connectivity index is 0. The molecular formula is C50H48F54O17. The molecule has 0 unspecified atom stereocenters. The summed E-state index contributed by atoms with van der Waals surface area (Å²) < 4.78 is 787. The van der Waals surface area contributed by atoms with Crippen molar-refractivity contribution in [2.45, 2.75) is 145 Å². The van der Waals surface area contributed by atoms with Crippen LogP contribution in [0.1, 0.15) is 0 Å². The lowest BCUT2D eigenvalue weighted by molar-refractivity contribution is -0.477. The van der Waals surface area contributed by atoms with E-state index >= 15 is 0 Å². The molecule has 0 aromatic rings. The van der Waals surface area contributed by atoms with Crippen LogP contribution in [0.25, 0.3) is 0 Å².